The van der Waals surface area contributed by atoms with E-state index >= 15 is 0 Å². The summed E-state index contributed by atoms with van der Waals surface area (Å²) in [6.07, 6.45) is 3.61. The van der Waals surface area contributed by atoms with Gasteiger partial charge < -0.3 is 30.5 Å². The van der Waals surface area contributed by atoms with Gasteiger partial charge in [0.25, 0.3) is 0 Å². The number of hydrogen-bond donors (Lipinski definition) is 3. The van der Waals surface area contributed by atoms with Gasteiger partial charge in [0.15, 0.2) is 0 Å². The molecule has 0 spiro atoms. The van der Waals surface area contributed by atoms with Crippen molar-refractivity contribution in [2.24, 2.45) is 11.7 Å². The second kappa shape index (κ2) is 15.7. The van der Waals surface area contributed by atoms with Crippen LogP contribution in [0.15, 0.2) is 49.6 Å². The molecule has 1 aromatic rings. The highest BCUT2D eigenvalue weighted by Gasteiger charge is 2.29. The number of ether oxygens (including phenoxy) is 2. The molecule has 0 saturated heterocycles. The van der Waals surface area contributed by atoms with Gasteiger partial charge in [-0.15, -0.1) is 6.58 Å². The molecule has 9 nitrogen and oxygen atoms in total. The zero-order chi connectivity index (χ0) is 25.5. The van der Waals surface area contributed by atoms with Crippen molar-refractivity contribution in [2.75, 3.05) is 20.4 Å². The van der Waals surface area contributed by atoms with Crippen molar-refractivity contribution < 1.29 is 28.5 Å². The highest BCUT2D eigenvalue weighted by Crippen LogP contribution is 2.19. The van der Waals surface area contributed by atoms with E-state index in [0.717, 1.165) is 5.56 Å². The molecule has 0 saturated carbocycles. The van der Waals surface area contributed by atoms with Crippen LogP contribution >= 0.6 is 0 Å². The minimum atomic E-state index is -1.02. The second-order valence-corrected chi connectivity index (χ2v) is 7.96. The molecule has 0 aliphatic heterocycles. The van der Waals surface area contributed by atoms with Crippen molar-refractivity contribution in [1.82, 2.24) is 10.6 Å². The van der Waals surface area contributed by atoms with Gasteiger partial charge in [-0.25, -0.2) is 4.79 Å². The lowest BCUT2D eigenvalue weighted by molar-refractivity contribution is -0.144. The number of methoxy groups -OCH3 is 1. The third-order valence-electron chi connectivity index (χ3n) is 4.77. The summed E-state index contributed by atoms with van der Waals surface area (Å²) in [6.45, 7) is 11.3. The first kappa shape index (κ1) is 28.9. The summed E-state index contributed by atoms with van der Waals surface area (Å²) in [5, 5.41) is 5.33. The number of carbonyl (C=O) groups excluding carboxylic acids is 3. The lowest BCUT2D eigenvalue weighted by atomic mass is 9.75. The highest BCUT2D eigenvalue weighted by atomic mass is 16.5. The third kappa shape index (κ3) is 10.2. The van der Waals surface area contributed by atoms with Gasteiger partial charge in [0, 0.05) is 5.82 Å². The maximum absolute atomic E-state index is 13.1. The molecule has 0 aromatic heterocycles. The molecule has 1 rings (SSSR count). The van der Waals surface area contributed by atoms with Crippen LogP contribution in [0.5, 0.6) is 5.75 Å². The number of benzene rings is 1. The maximum atomic E-state index is 13.1. The Bertz CT molecular complexity index is 815. The fourth-order valence-electron chi connectivity index (χ4n) is 3.08. The molecule has 1 radical (unpaired) electrons. The molecule has 2 amide bonds. The van der Waals surface area contributed by atoms with Crippen LogP contribution < -0.4 is 21.1 Å². The number of carbonyl (C=O) groups is 3. The molecule has 0 fully saturated rings. The van der Waals surface area contributed by atoms with Crippen molar-refractivity contribution in [1.29, 1.82) is 0 Å². The minimum Gasteiger partial charge on any atom is -0.490 e. The molecule has 10 heteroatoms. The monoisotopic (exact) mass is 472 g/mol. The third-order valence-corrected chi connectivity index (χ3v) is 4.77. The molecule has 185 valence electrons. The van der Waals surface area contributed by atoms with Gasteiger partial charge >= 0.3 is 13.5 Å². The highest BCUT2D eigenvalue weighted by molar-refractivity contribution is 6.37. The van der Waals surface area contributed by atoms with Gasteiger partial charge in [-0.05, 0) is 36.5 Å². The van der Waals surface area contributed by atoms with Crippen LogP contribution in [0, 0.1) is 5.92 Å². The fourth-order valence-corrected chi connectivity index (χ4v) is 3.08. The predicted octanol–water partition coefficient (Wildman–Crippen LogP) is 1.51. The zero-order valence-electron chi connectivity index (χ0n) is 20.1. The van der Waals surface area contributed by atoms with Crippen molar-refractivity contribution in [2.45, 2.75) is 44.6 Å². The van der Waals surface area contributed by atoms with E-state index in [-0.39, 0.29) is 12.6 Å². The molecular formula is C24H35BN3O6. The average Bonchev–Trinajstić information content (AvgIpc) is 2.82. The Kier molecular flexibility index (Phi) is 13.3. The summed E-state index contributed by atoms with van der Waals surface area (Å²) in [5.41, 5.74) is 6.30. The zero-order valence-corrected chi connectivity index (χ0v) is 20.1. The first-order valence-electron chi connectivity index (χ1n) is 11.0. The number of hydrogen-bond acceptors (Lipinski definition) is 7. The second-order valence-electron chi connectivity index (χ2n) is 7.96. The molecule has 0 heterocycles. The Morgan fingerprint density at radius 1 is 1.12 bits per heavy atom. The summed E-state index contributed by atoms with van der Waals surface area (Å²) in [4.78, 5) is 37.8. The first-order valence-corrected chi connectivity index (χ1v) is 11.0. The number of nitrogens with one attached hydrogen (secondary N) is 2. The Balaban J connectivity index is 2.95. The van der Waals surface area contributed by atoms with Crippen LogP contribution in [-0.4, -0.2) is 57.8 Å². The normalized spacial score (nSPS) is 13.2. The summed E-state index contributed by atoms with van der Waals surface area (Å²) in [6, 6.07) is 5.40. The Labute approximate surface area is 202 Å². The Hall–Kier alpha value is -3.11. The topological polar surface area (TPSA) is 129 Å². The van der Waals surface area contributed by atoms with Crippen molar-refractivity contribution in [3.63, 3.8) is 0 Å². The van der Waals surface area contributed by atoms with E-state index in [4.69, 9.17) is 15.1 Å². The summed E-state index contributed by atoms with van der Waals surface area (Å²) >= 11 is 0. The maximum Gasteiger partial charge on any atom is 0.332 e. The first-order chi connectivity index (χ1) is 16.2. The van der Waals surface area contributed by atoms with E-state index < -0.39 is 35.7 Å². The summed E-state index contributed by atoms with van der Waals surface area (Å²) < 4.78 is 15.3. The van der Waals surface area contributed by atoms with Crippen LogP contribution in [-0.2, 0) is 30.2 Å². The van der Waals surface area contributed by atoms with Gasteiger partial charge in [0.2, 0.25) is 11.8 Å². The molecule has 3 atom stereocenters. The fraction of sp³-hybridized carbons (Fsp3) is 0.458. The van der Waals surface area contributed by atoms with Gasteiger partial charge in [0.05, 0.1) is 13.8 Å². The van der Waals surface area contributed by atoms with E-state index in [1.54, 1.807) is 18.2 Å². The molecule has 0 unspecified atom stereocenters. The Morgan fingerprint density at radius 3 is 2.32 bits per heavy atom. The quantitative estimate of drug-likeness (QED) is 0.144. The van der Waals surface area contributed by atoms with E-state index in [9.17, 15) is 14.4 Å². The summed E-state index contributed by atoms with van der Waals surface area (Å²) in [7, 11) is 2.58. The van der Waals surface area contributed by atoms with Crippen LogP contribution in [0.4, 0.5) is 0 Å². The van der Waals surface area contributed by atoms with Crippen molar-refractivity contribution >= 4 is 25.3 Å². The van der Waals surface area contributed by atoms with Gasteiger partial charge in [-0.3, -0.25) is 9.59 Å². The molecule has 1 aromatic carbocycles. The van der Waals surface area contributed by atoms with E-state index in [1.165, 1.54) is 20.7 Å². The minimum absolute atomic E-state index is 0.0891. The molecule has 0 aliphatic carbocycles. The number of rotatable bonds is 16. The van der Waals surface area contributed by atoms with Crippen molar-refractivity contribution in [3.05, 3.63) is 55.1 Å². The van der Waals surface area contributed by atoms with Crippen LogP contribution in [0.2, 0.25) is 5.82 Å². The van der Waals surface area contributed by atoms with E-state index in [2.05, 4.69) is 28.5 Å². The van der Waals surface area contributed by atoms with Crippen LogP contribution in [0.3, 0.4) is 0 Å². The van der Waals surface area contributed by atoms with Crippen LogP contribution in [0.25, 0.3) is 0 Å². The van der Waals surface area contributed by atoms with Crippen molar-refractivity contribution in [3.8, 4) is 5.75 Å². The standard InChI is InChI=1S/C24H35BN3O6/c1-6-12-33-18-10-8-17(9-11-18)14-19(25-34-15-26)22(29)28-21(13-16(3)4)23(30)27-20(7-2)24(31)32-5/h6-11,16,19-21H,1-2,12-15,26H2,3-5H3,(H,27,30)(H,28,29)/t19-,20-,21-/m0/s1. The molecule has 4 N–H and O–H groups in total. The molecular weight excluding hydrogens is 437 g/mol. The SMILES string of the molecule is C=CCOc1ccc(C[C@H]([B]OCN)C(=O)N[C@@H](CC(C)C)C(=O)N[C@@H](C=C)C(=O)OC)cc1. The average molecular weight is 472 g/mol. The van der Waals surface area contributed by atoms with Crippen LogP contribution in [0.1, 0.15) is 25.8 Å². The molecule has 34 heavy (non-hydrogen) atoms. The van der Waals surface area contributed by atoms with E-state index in [0.29, 0.717) is 25.2 Å². The number of amides is 2. The van der Waals surface area contributed by atoms with E-state index in [1.807, 2.05) is 26.0 Å². The largest absolute Gasteiger partial charge is 0.490 e. The lowest BCUT2D eigenvalue weighted by Crippen LogP contribution is -2.52. The number of esters is 1. The van der Waals surface area contributed by atoms with Gasteiger partial charge in [0.1, 0.15) is 24.4 Å². The Morgan fingerprint density at radius 2 is 1.79 bits per heavy atom. The predicted molar refractivity (Wildman–Crippen MR) is 131 cm³/mol. The smallest absolute Gasteiger partial charge is 0.332 e. The molecule has 0 aliphatic rings. The summed E-state index contributed by atoms with van der Waals surface area (Å²) in [5.74, 6) is -1.50. The lowest BCUT2D eigenvalue weighted by Gasteiger charge is -2.24. The molecule has 0 bridgehead atoms. The number of nitrogens with two attached hydrogens (primary N) is 1. The van der Waals surface area contributed by atoms with Gasteiger partial charge in [-0.2, -0.15) is 0 Å². The van der Waals surface area contributed by atoms with Gasteiger partial charge in [-0.1, -0.05) is 44.7 Å².